The molecule has 0 spiro atoms. The van der Waals surface area contributed by atoms with Gasteiger partial charge >= 0.3 is 0 Å². The number of hydrogen-bond acceptors (Lipinski definition) is 3. The highest BCUT2D eigenvalue weighted by Gasteiger charge is 2.52. The summed E-state index contributed by atoms with van der Waals surface area (Å²) in [4.78, 5) is 11.7. The first kappa shape index (κ1) is 18.4. The average Bonchev–Trinajstić information content (AvgIpc) is 2.58. The van der Waals surface area contributed by atoms with Crippen LogP contribution < -0.4 is 0 Å². The monoisotopic (exact) mass is 375 g/mol. The number of sulfonamides is 1. The van der Waals surface area contributed by atoms with Gasteiger partial charge in [0.2, 0.25) is 10.0 Å². The van der Waals surface area contributed by atoms with Gasteiger partial charge in [-0.1, -0.05) is 0 Å². The van der Waals surface area contributed by atoms with E-state index in [0.717, 1.165) is 18.2 Å². The van der Waals surface area contributed by atoms with Gasteiger partial charge in [-0.15, -0.1) is 0 Å². The van der Waals surface area contributed by atoms with Crippen LogP contribution in [0.1, 0.15) is 44.1 Å². The molecule has 25 heavy (non-hydrogen) atoms. The molecule has 0 amide bonds. The lowest BCUT2D eigenvalue weighted by molar-refractivity contribution is -0.120. The molecule has 1 aromatic rings. The van der Waals surface area contributed by atoms with E-state index in [4.69, 9.17) is 0 Å². The van der Waals surface area contributed by atoms with E-state index in [-0.39, 0.29) is 63.0 Å². The van der Waals surface area contributed by atoms with Crippen molar-refractivity contribution in [1.29, 1.82) is 0 Å². The highest BCUT2D eigenvalue weighted by Crippen LogP contribution is 2.46. The van der Waals surface area contributed by atoms with Crippen LogP contribution >= 0.6 is 0 Å². The van der Waals surface area contributed by atoms with Crippen LogP contribution in [0.5, 0.6) is 0 Å². The first-order valence-corrected chi connectivity index (χ1v) is 9.81. The molecular weight excluding hydrogens is 355 g/mol. The normalized spacial score (nSPS) is 22.9. The van der Waals surface area contributed by atoms with Gasteiger partial charge in [0.05, 0.1) is 0 Å². The van der Waals surface area contributed by atoms with Gasteiger partial charge in [0.1, 0.15) is 28.3 Å². The number of carbonyl (C=O) groups excluding carboxylic acids is 1. The second-order valence-electron chi connectivity index (χ2n) is 6.74. The van der Waals surface area contributed by atoms with Gasteiger partial charge in [0.25, 0.3) is 0 Å². The molecule has 138 valence electrons. The zero-order chi connectivity index (χ0) is 18.2. The fourth-order valence-corrected chi connectivity index (χ4v) is 6.10. The lowest BCUT2D eigenvalue weighted by Crippen LogP contribution is -2.51. The van der Waals surface area contributed by atoms with E-state index >= 15 is 0 Å². The molecule has 0 unspecified atom stereocenters. The Bertz CT molecular complexity index is 763. The number of alkyl halides is 1. The van der Waals surface area contributed by atoms with Gasteiger partial charge in [-0.25, -0.2) is 25.9 Å². The highest BCUT2D eigenvalue weighted by atomic mass is 32.2. The molecule has 1 aliphatic carbocycles. The number of nitrogens with zero attached hydrogens (tertiary/aromatic N) is 1. The van der Waals surface area contributed by atoms with E-state index in [2.05, 4.69) is 0 Å². The predicted molar refractivity (Wildman–Crippen MR) is 86.1 cm³/mol. The molecule has 2 aliphatic rings. The van der Waals surface area contributed by atoms with Crippen LogP contribution in [-0.4, -0.2) is 37.8 Å². The number of rotatable bonds is 3. The number of piperidine rings is 1. The minimum absolute atomic E-state index is 0.00520. The summed E-state index contributed by atoms with van der Waals surface area (Å²) < 4.78 is 67.8. The summed E-state index contributed by atoms with van der Waals surface area (Å²) in [6.07, 6.45) is -1.08. The van der Waals surface area contributed by atoms with Gasteiger partial charge in [0.15, 0.2) is 0 Å². The summed E-state index contributed by atoms with van der Waals surface area (Å²) in [6, 6.07) is 2.75. The topological polar surface area (TPSA) is 54.5 Å². The van der Waals surface area contributed by atoms with Crippen molar-refractivity contribution in [2.45, 2.75) is 49.4 Å². The third kappa shape index (κ3) is 3.21. The van der Waals surface area contributed by atoms with Crippen molar-refractivity contribution in [3.63, 3.8) is 0 Å². The maximum absolute atomic E-state index is 14.5. The molecule has 0 bridgehead atoms. The van der Waals surface area contributed by atoms with E-state index in [1.807, 2.05) is 0 Å². The first-order chi connectivity index (χ1) is 11.8. The molecule has 8 heteroatoms. The van der Waals surface area contributed by atoms with E-state index in [9.17, 15) is 26.4 Å². The predicted octanol–water partition coefficient (Wildman–Crippen LogP) is 3.07. The Labute approximate surface area is 145 Å². The standard InChI is InChI=1S/C17H20F3NO3S/c18-12-5-9-21(10-6-12)25(23,24)17(7-3-14(22)4-8-17)15-11-13(19)1-2-16(15)20/h1-2,11-12H,3-10H2. The van der Waals surface area contributed by atoms with Crippen LogP contribution in [-0.2, 0) is 19.6 Å². The van der Waals surface area contributed by atoms with Gasteiger partial charge < -0.3 is 0 Å². The number of ketones is 1. The summed E-state index contributed by atoms with van der Waals surface area (Å²) in [5.74, 6) is -1.63. The van der Waals surface area contributed by atoms with Crippen LogP contribution in [0, 0.1) is 11.6 Å². The van der Waals surface area contributed by atoms with Crippen molar-refractivity contribution in [1.82, 2.24) is 4.31 Å². The Kier molecular flexibility index (Phi) is 4.94. The van der Waals surface area contributed by atoms with E-state index in [0.29, 0.717) is 0 Å². The summed E-state index contributed by atoms with van der Waals surface area (Å²) in [5.41, 5.74) is -0.234. The molecule has 3 rings (SSSR count). The molecule has 1 heterocycles. The summed E-state index contributed by atoms with van der Waals surface area (Å²) >= 11 is 0. The molecule has 1 saturated carbocycles. The van der Waals surface area contributed by atoms with Crippen molar-refractivity contribution < 1.29 is 26.4 Å². The zero-order valence-electron chi connectivity index (χ0n) is 13.7. The zero-order valence-corrected chi connectivity index (χ0v) is 14.5. The van der Waals surface area contributed by atoms with E-state index in [1.165, 1.54) is 4.31 Å². The Morgan fingerprint density at radius 2 is 1.68 bits per heavy atom. The third-order valence-electron chi connectivity index (χ3n) is 5.25. The maximum atomic E-state index is 14.5. The van der Waals surface area contributed by atoms with Crippen molar-refractivity contribution in [2.75, 3.05) is 13.1 Å². The molecule has 0 aromatic heterocycles. The molecule has 1 aliphatic heterocycles. The number of carbonyl (C=O) groups is 1. The van der Waals surface area contributed by atoms with Gasteiger partial charge in [-0.2, -0.15) is 0 Å². The lowest BCUT2D eigenvalue weighted by Gasteiger charge is -2.41. The van der Waals surface area contributed by atoms with E-state index < -0.39 is 32.6 Å². The van der Waals surface area contributed by atoms with Gasteiger partial charge in [-0.3, -0.25) is 4.79 Å². The highest BCUT2D eigenvalue weighted by molar-refractivity contribution is 7.90. The average molecular weight is 375 g/mol. The number of hydrogen-bond donors (Lipinski definition) is 0. The Balaban J connectivity index is 2.08. The second-order valence-corrected chi connectivity index (χ2v) is 8.98. The number of Topliss-reactive ketones (excluding diaryl/α,β-unsaturated/α-hetero) is 1. The minimum Gasteiger partial charge on any atom is -0.300 e. The van der Waals surface area contributed by atoms with Gasteiger partial charge in [0, 0.05) is 31.5 Å². The summed E-state index contributed by atoms with van der Waals surface area (Å²) in [5, 5.41) is 0. The molecule has 4 nitrogen and oxygen atoms in total. The Morgan fingerprint density at radius 1 is 1.08 bits per heavy atom. The molecule has 1 aromatic carbocycles. The lowest BCUT2D eigenvalue weighted by atomic mass is 9.82. The van der Waals surface area contributed by atoms with Crippen molar-refractivity contribution in [3.8, 4) is 0 Å². The summed E-state index contributed by atoms with van der Waals surface area (Å²) in [7, 11) is -4.08. The Morgan fingerprint density at radius 3 is 2.28 bits per heavy atom. The number of halogens is 3. The number of benzene rings is 1. The van der Waals surface area contributed by atoms with Crippen LogP contribution in [0.3, 0.4) is 0 Å². The third-order valence-corrected chi connectivity index (χ3v) is 7.91. The van der Waals surface area contributed by atoms with Crippen LogP contribution in [0.4, 0.5) is 13.2 Å². The van der Waals surface area contributed by atoms with Crippen molar-refractivity contribution in [2.24, 2.45) is 0 Å². The molecule has 0 atom stereocenters. The van der Waals surface area contributed by atoms with E-state index in [1.54, 1.807) is 0 Å². The Hall–Kier alpha value is -1.41. The largest absolute Gasteiger partial charge is 0.300 e. The first-order valence-electron chi connectivity index (χ1n) is 8.37. The van der Waals surface area contributed by atoms with Gasteiger partial charge in [-0.05, 0) is 43.9 Å². The minimum atomic E-state index is -4.08. The molecule has 1 saturated heterocycles. The summed E-state index contributed by atoms with van der Waals surface area (Å²) in [6.45, 7) is 0.0201. The molecule has 0 N–H and O–H groups in total. The maximum Gasteiger partial charge on any atom is 0.224 e. The smallest absolute Gasteiger partial charge is 0.224 e. The fourth-order valence-electron chi connectivity index (χ4n) is 3.76. The van der Waals surface area contributed by atoms with Crippen molar-refractivity contribution in [3.05, 3.63) is 35.4 Å². The molecule has 0 radical (unpaired) electrons. The van der Waals surface area contributed by atoms with Crippen LogP contribution in [0.25, 0.3) is 0 Å². The van der Waals surface area contributed by atoms with Crippen LogP contribution in [0.15, 0.2) is 18.2 Å². The fraction of sp³-hybridized carbons (Fsp3) is 0.588. The SMILES string of the molecule is O=C1CCC(c2cc(F)ccc2F)(S(=O)(=O)N2CCC(F)CC2)CC1. The van der Waals surface area contributed by atoms with Crippen LogP contribution in [0.2, 0.25) is 0 Å². The molecule has 2 fully saturated rings. The van der Waals surface area contributed by atoms with Crippen molar-refractivity contribution >= 4 is 15.8 Å². The molecular formula is C17H20F3NO3S. The second kappa shape index (κ2) is 6.72. The quantitative estimate of drug-likeness (QED) is 0.816.